The molecule has 5 heteroatoms. The Kier molecular flexibility index (Phi) is 5.11. The van der Waals surface area contributed by atoms with Crippen molar-refractivity contribution in [2.75, 3.05) is 6.61 Å². The quantitative estimate of drug-likeness (QED) is 0.856. The second kappa shape index (κ2) is 7.04. The van der Waals surface area contributed by atoms with Gasteiger partial charge in [-0.25, -0.2) is 4.98 Å². The lowest BCUT2D eigenvalue weighted by atomic mass is 10.1. The summed E-state index contributed by atoms with van der Waals surface area (Å²) < 4.78 is 5.30. The summed E-state index contributed by atoms with van der Waals surface area (Å²) in [6.07, 6.45) is 3.02. The lowest BCUT2D eigenvalue weighted by molar-refractivity contribution is 0.0935. The molecule has 1 amide bonds. The van der Waals surface area contributed by atoms with Crippen LogP contribution in [0.2, 0.25) is 0 Å². The summed E-state index contributed by atoms with van der Waals surface area (Å²) in [4.78, 5) is 16.6. The van der Waals surface area contributed by atoms with Crippen LogP contribution < -0.4 is 5.32 Å². The number of nitrogens with zero attached hydrogens (tertiary/aromatic N) is 1. The van der Waals surface area contributed by atoms with E-state index in [0.29, 0.717) is 29.1 Å². The van der Waals surface area contributed by atoms with E-state index in [2.05, 4.69) is 10.3 Å². The van der Waals surface area contributed by atoms with Gasteiger partial charge in [-0.1, -0.05) is 0 Å². The Bertz CT molecular complexity index is 594. The van der Waals surface area contributed by atoms with Crippen LogP contribution in [0, 0.1) is 6.92 Å². The van der Waals surface area contributed by atoms with Gasteiger partial charge >= 0.3 is 0 Å². The van der Waals surface area contributed by atoms with Crippen LogP contribution in [0.15, 0.2) is 34.9 Å². The van der Waals surface area contributed by atoms with Crippen molar-refractivity contribution in [3.8, 4) is 11.5 Å². The minimum Gasteiger partial charge on any atom is -0.463 e. The monoisotopic (exact) mass is 288 g/mol. The summed E-state index contributed by atoms with van der Waals surface area (Å²) >= 11 is 0. The molecule has 0 saturated carbocycles. The average molecular weight is 288 g/mol. The first-order valence-electron chi connectivity index (χ1n) is 7.05. The molecule has 1 unspecified atom stereocenters. The van der Waals surface area contributed by atoms with E-state index < -0.39 is 0 Å². The summed E-state index contributed by atoms with van der Waals surface area (Å²) in [6.45, 7) is 3.87. The Hall–Kier alpha value is -2.14. The van der Waals surface area contributed by atoms with E-state index in [-0.39, 0.29) is 18.6 Å². The van der Waals surface area contributed by atoms with Gasteiger partial charge in [-0.05, 0) is 51.0 Å². The average Bonchev–Trinajstić information content (AvgIpc) is 2.99. The normalized spacial score (nSPS) is 12.1. The number of aromatic nitrogens is 1. The summed E-state index contributed by atoms with van der Waals surface area (Å²) in [5.74, 6) is 0.540. The fraction of sp³-hybridized carbons (Fsp3) is 0.375. The molecule has 2 N–H and O–H groups in total. The maximum absolute atomic E-state index is 12.2. The third-order valence-electron chi connectivity index (χ3n) is 3.28. The van der Waals surface area contributed by atoms with Crippen molar-refractivity contribution in [3.63, 3.8) is 0 Å². The van der Waals surface area contributed by atoms with Crippen LogP contribution in [-0.4, -0.2) is 28.6 Å². The number of aryl methyl sites for hydroxylation is 1. The highest BCUT2D eigenvalue weighted by Crippen LogP contribution is 2.19. The second-order valence-corrected chi connectivity index (χ2v) is 5.05. The number of pyridine rings is 1. The van der Waals surface area contributed by atoms with Gasteiger partial charge in [0.2, 0.25) is 0 Å². The topological polar surface area (TPSA) is 75.4 Å². The van der Waals surface area contributed by atoms with Crippen molar-refractivity contribution in [3.05, 3.63) is 41.8 Å². The molecule has 2 rings (SSSR count). The van der Waals surface area contributed by atoms with E-state index in [4.69, 9.17) is 9.52 Å². The fourth-order valence-corrected chi connectivity index (χ4v) is 2.13. The predicted molar refractivity (Wildman–Crippen MR) is 79.9 cm³/mol. The number of aliphatic hydroxyl groups excluding tert-OH is 1. The van der Waals surface area contributed by atoms with Gasteiger partial charge in [0.05, 0.1) is 17.5 Å². The zero-order chi connectivity index (χ0) is 15.2. The van der Waals surface area contributed by atoms with Gasteiger partial charge in [-0.2, -0.15) is 0 Å². The maximum atomic E-state index is 12.2. The number of amides is 1. The minimum atomic E-state index is -0.142. The van der Waals surface area contributed by atoms with Crippen LogP contribution in [0.25, 0.3) is 11.5 Å². The molecular formula is C16H20N2O3. The third-order valence-corrected chi connectivity index (χ3v) is 3.28. The number of hydrogen-bond donors (Lipinski definition) is 2. The molecule has 2 heterocycles. The Morgan fingerprint density at radius 1 is 1.43 bits per heavy atom. The summed E-state index contributed by atoms with van der Waals surface area (Å²) in [5.41, 5.74) is 1.93. The molecule has 0 spiro atoms. The zero-order valence-corrected chi connectivity index (χ0v) is 12.3. The van der Waals surface area contributed by atoms with E-state index in [9.17, 15) is 4.79 Å². The van der Waals surface area contributed by atoms with Gasteiger partial charge in [0, 0.05) is 12.6 Å². The Balaban J connectivity index is 2.08. The highest BCUT2D eigenvalue weighted by molar-refractivity contribution is 5.95. The zero-order valence-electron chi connectivity index (χ0n) is 12.3. The summed E-state index contributed by atoms with van der Waals surface area (Å²) in [7, 11) is 0. The van der Waals surface area contributed by atoms with E-state index in [1.54, 1.807) is 31.4 Å². The molecule has 0 aliphatic heterocycles. The smallest absolute Gasteiger partial charge is 0.253 e. The molecule has 0 fully saturated rings. The molecule has 2 aromatic heterocycles. The molecule has 0 radical (unpaired) electrons. The molecule has 1 atom stereocenters. The number of carbonyl (C=O) groups excluding carboxylic acids is 1. The lowest BCUT2D eigenvalue weighted by Crippen LogP contribution is -2.33. The fourth-order valence-electron chi connectivity index (χ4n) is 2.13. The molecule has 112 valence electrons. The number of rotatable bonds is 6. The van der Waals surface area contributed by atoms with E-state index in [0.717, 1.165) is 6.42 Å². The number of nitrogens with one attached hydrogen (secondary N) is 1. The molecule has 2 aromatic rings. The molecular weight excluding hydrogens is 268 g/mol. The van der Waals surface area contributed by atoms with Crippen LogP contribution in [0.4, 0.5) is 0 Å². The van der Waals surface area contributed by atoms with Crippen molar-refractivity contribution in [2.24, 2.45) is 0 Å². The van der Waals surface area contributed by atoms with Crippen molar-refractivity contribution >= 4 is 5.91 Å². The van der Waals surface area contributed by atoms with Crippen LogP contribution >= 0.6 is 0 Å². The summed E-state index contributed by atoms with van der Waals surface area (Å²) in [6, 6.07) is 7.19. The minimum absolute atomic E-state index is 0.0220. The van der Waals surface area contributed by atoms with E-state index >= 15 is 0 Å². The molecule has 5 nitrogen and oxygen atoms in total. The number of carbonyl (C=O) groups is 1. The van der Waals surface area contributed by atoms with Gasteiger partial charge < -0.3 is 14.8 Å². The second-order valence-electron chi connectivity index (χ2n) is 5.05. The Morgan fingerprint density at radius 2 is 2.24 bits per heavy atom. The van der Waals surface area contributed by atoms with Gasteiger partial charge in [-0.3, -0.25) is 4.79 Å². The first-order chi connectivity index (χ1) is 10.1. The standard InChI is InChI=1S/C16H20N2O3/c1-11(5-3-9-19)17-16(20)13-7-8-14(18-12(13)2)15-6-4-10-21-15/h4,6-8,10-11,19H,3,5,9H2,1-2H3,(H,17,20). The first-order valence-corrected chi connectivity index (χ1v) is 7.05. The van der Waals surface area contributed by atoms with E-state index in [1.807, 2.05) is 13.0 Å². The molecule has 0 bridgehead atoms. The molecule has 21 heavy (non-hydrogen) atoms. The predicted octanol–water partition coefficient (Wildman–Crippen LogP) is 2.54. The SMILES string of the molecule is Cc1nc(-c2ccco2)ccc1C(=O)NC(C)CCCO. The van der Waals surface area contributed by atoms with E-state index in [1.165, 1.54) is 0 Å². The van der Waals surface area contributed by atoms with Gasteiger partial charge in [0.25, 0.3) is 5.91 Å². The highest BCUT2D eigenvalue weighted by atomic mass is 16.3. The largest absolute Gasteiger partial charge is 0.463 e. The van der Waals surface area contributed by atoms with Crippen LogP contribution in [0.3, 0.4) is 0 Å². The van der Waals surface area contributed by atoms with Crippen molar-refractivity contribution < 1.29 is 14.3 Å². The lowest BCUT2D eigenvalue weighted by Gasteiger charge is -2.14. The van der Waals surface area contributed by atoms with Gasteiger partial charge in [0.15, 0.2) is 5.76 Å². The van der Waals surface area contributed by atoms with Crippen LogP contribution in [-0.2, 0) is 0 Å². The van der Waals surface area contributed by atoms with Crippen molar-refractivity contribution in [2.45, 2.75) is 32.7 Å². The van der Waals surface area contributed by atoms with Crippen molar-refractivity contribution in [1.29, 1.82) is 0 Å². The number of aliphatic hydroxyl groups is 1. The van der Waals surface area contributed by atoms with Crippen LogP contribution in [0.5, 0.6) is 0 Å². The Labute approximate surface area is 124 Å². The third kappa shape index (κ3) is 3.92. The molecule has 0 saturated heterocycles. The van der Waals surface area contributed by atoms with Gasteiger partial charge in [-0.15, -0.1) is 0 Å². The molecule has 0 aliphatic rings. The van der Waals surface area contributed by atoms with Gasteiger partial charge in [0.1, 0.15) is 5.69 Å². The molecule has 0 aromatic carbocycles. The number of hydrogen-bond acceptors (Lipinski definition) is 4. The Morgan fingerprint density at radius 3 is 2.86 bits per heavy atom. The maximum Gasteiger partial charge on any atom is 0.253 e. The summed E-state index contributed by atoms with van der Waals surface area (Å²) in [5, 5.41) is 11.7. The van der Waals surface area contributed by atoms with Crippen molar-refractivity contribution in [1.82, 2.24) is 10.3 Å². The number of furan rings is 1. The van der Waals surface area contributed by atoms with Crippen LogP contribution in [0.1, 0.15) is 35.8 Å². The molecule has 0 aliphatic carbocycles. The highest BCUT2D eigenvalue weighted by Gasteiger charge is 2.14. The first kappa shape index (κ1) is 15.3.